The van der Waals surface area contributed by atoms with E-state index >= 15 is 0 Å². The Morgan fingerprint density at radius 2 is 0.902 bits per heavy atom. The zero-order valence-electron chi connectivity index (χ0n) is 27.7. The molecule has 10 aromatic rings. The third kappa shape index (κ3) is 5.10. The number of fused-ring (bicyclic) bond motifs is 6. The number of anilines is 3. The summed E-state index contributed by atoms with van der Waals surface area (Å²) in [5, 5.41) is 4.84. The van der Waals surface area contributed by atoms with Gasteiger partial charge in [-0.3, -0.25) is 0 Å². The second-order valence-electron chi connectivity index (χ2n) is 12.9. The SMILES string of the molecule is c1ccc(-c2ccc(N(c3ccc(-c4ccc5c(c4)sc4ccccc45)cc3)c3c(-c4ccccc4)ccc4c3oc3ccccc34)cc2)cc1. The quantitative estimate of drug-likeness (QED) is 0.175. The number of hydrogen-bond acceptors (Lipinski definition) is 3. The lowest BCUT2D eigenvalue weighted by atomic mass is 9.98. The van der Waals surface area contributed by atoms with E-state index in [4.69, 9.17) is 4.42 Å². The predicted molar refractivity (Wildman–Crippen MR) is 218 cm³/mol. The minimum absolute atomic E-state index is 0.865. The Balaban J connectivity index is 1.17. The lowest BCUT2D eigenvalue weighted by Crippen LogP contribution is -2.11. The van der Waals surface area contributed by atoms with Gasteiger partial charge in [-0.1, -0.05) is 140 Å². The second-order valence-corrected chi connectivity index (χ2v) is 14.0. The smallest absolute Gasteiger partial charge is 0.160 e. The number of benzene rings is 8. The Hall–Kier alpha value is -6.42. The van der Waals surface area contributed by atoms with Crippen molar-refractivity contribution >= 4 is 70.5 Å². The monoisotopic (exact) mass is 669 g/mol. The Labute approximate surface area is 300 Å². The molecule has 240 valence electrons. The molecule has 0 saturated carbocycles. The number of thiophene rings is 1. The van der Waals surface area contributed by atoms with Crippen molar-refractivity contribution in [3.05, 3.63) is 188 Å². The molecule has 0 aliphatic heterocycles. The van der Waals surface area contributed by atoms with E-state index < -0.39 is 0 Å². The van der Waals surface area contributed by atoms with Gasteiger partial charge >= 0.3 is 0 Å². The Kier molecular flexibility index (Phi) is 7.04. The molecule has 0 radical (unpaired) electrons. The summed E-state index contributed by atoms with van der Waals surface area (Å²) in [5.74, 6) is 0. The van der Waals surface area contributed by atoms with Crippen LogP contribution in [-0.2, 0) is 0 Å². The minimum atomic E-state index is 0.865. The predicted octanol–water partition coefficient (Wildman–Crippen LogP) is 14.4. The fraction of sp³-hybridized carbons (Fsp3) is 0. The number of rotatable bonds is 6. The average Bonchev–Trinajstić information content (AvgIpc) is 3.77. The van der Waals surface area contributed by atoms with Crippen LogP contribution in [0.3, 0.4) is 0 Å². The lowest BCUT2D eigenvalue weighted by molar-refractivity contribution is 0.669. The van der Waals surface area contributed by atoms with Gasteiger partial charge in [0.15, 0.2) is 5.58 Å². The first-order valence-corrected chi connectivity index (χ1v) is 18.1. The normalized spacial score (nSPS) is 11.5. The van der Waals surface area contributed by atoms with Gasteiger partial charge in [-0.05, 0) is 76.3 Å². The van der Waals surface area contributed by atoms with Gasteiger partial charge in [0.2, 0.25) is 0 Å². The number of hydrogen-bond donors (Lipinski definition) is 0. The molecule has 51 heavy (non-hydrogen) atoms. The average molecular weight is 670 g/mol. The van der Waals surface area contributed by atoms with Gasteiger partial charge in [0, 0.05) is 47.9 Å². The van der Waals surface area contributed by atoms with Crippen molar-refractivity contribution in [2.45, 2.75) is 0 Å². The van der Waals surface area contributed by atoms with E-state index in [1.54, 1.807) is 0 Å². The molecular formula is C48H31NOS. The van der Waals surface area contributed by atoms with Crippen LogP contribution >= 0.6 is 11.3 Å². The first-order valence-electron chi connectivity index (χ1n) is 17.3. The van der Waals surface area contributed by atoms with Crippen LogP contribution in [0.4, 0.5) is 17.1 Å². The molecule has 0 aliphatic rings. The highest BCUT2D eigenvalue weighted by Crippen LogP contribution is 2.48. The zero-order valence-corrected chi connectivity index (χ0v) is 28.5. The molecule has 0 fully saturated rings. The van der Waals surface area contributed by atoms with E-state index in [1.165, 1.54) is 42.4 Å². The van der Waals surface area contributed by atoms with Gasteiger partial charge in [0.1, 0.15) is 5.58 Å². The van der Waals surface area contributed by atoms with Crippen LogP contribution in [0.1, 0.15) is 0 Å². The van der Waals surface area contributed by atoms with E-state index in [0.717, 1.165) is 50.1 Å². The van der Waals surface area contributed by atoms with Crippen LogP contribution in [0.2, 0.25) is 0 Å². The molecule has 0 atom stereocenters. The van der Waals surface area contributed by atoms with Gasteiger partial charge in [0.05, 0.1) is 5.69 Å². The summed E-state index contributed by atoms with van der Waals surface area (Å²) < 4.78 is 9.41. The van der Waals surface area contributed by atoms with Crippen molar-refractivity contribution in [3.8, 4) is 33.4 Å². The van der Waals surface area contributed by atoms with Gasteiger partial charge in [-0.2, -0.15) is 0 Å². The molecule has 0 spiro atoms. The van der Waals surface area contributed by atoms with Crippen molar-refractivity contribution in [1.29, 1.82) is 0 Å². The molecule has 2 nitrogen and oxygen atoms in total. The molecule has 8 aromatic carbocycles. The summed E-state index contributed by atoms with van der Waals surface area (Å²) >= 11 is 1.86. The molecule has 10 rings (SSSR count). The van der Waals surface area contributed by atoms with Gasteiger partial charge in [-0.15, -0.1) is 11.3 Å². The maximum atomic E-state index is 6.78. The summed E-state index contributed by atoms with van der Waals surface area (Å²) in [6.45, 7) is 0. The van der Waals surface area contributed by atoms with Crippen molar-refractivity contribution in [2.75, 3.05) is 4.90 Å². The number of para-hydroxylation sites is 1. The van der Waals surface area contributed by atoms with Crippen LogP contribution in [-0.4, -0.2) is 0 Å². The largest absolute Gasteiger partial charge is 0.454 e. The van der Waals surface area contributed by atoms with E-state index in [2.05, 4.69) is 187 Å². The van der Waals surface area contributed by atoms with Crippen molar-refractivity contribution in [3.63, 3.8) is 0 Å². The number of furan rings is 1. The highest BCUT2D eigenvalue weighted by atomic mass is 32.1. The van der Waals surface area contributed by atoms with Crippen LogP contribution in [0.25, 0.3) is 75.5 Å². The summed E-state index contributed by atoms with van der Waals surface area (Å²) in [5.41, 5.74) is 11.9. The molecule has 0 amide bonds. The first kappa shape index (κ1) is 29.5. The molecule has 0 unspecified atom stereocenters. The first-order chi connectivity index (χ1) is 25.3. The Morgan fingerprint density at radius 1 is 0.373 bits per heavy atom. The van der Waals surface area contributed by atoms with E-state index in [-0.39, 0.29) is 0 Å². The maximum Gasteiger partial charge on any atom is 0.160 e. The van der Waals surface area contributed by atoms with Gasteiger partial charge in [-0.25, -0.2) is 0 Å². The molecule has 0 bridgehead atoms. The molecule has 0 aliphatic carbocycles. The highest BCUT2D eigenvalue weighted by Gasteiger charge is 2.24. The lowest BCUT2D eigenvalue weighted by Gasteiger charge is -2.28. The standard InChI is InChI=1S/C48H31NOS/c1-3-11-32(12-4-1)33-19-24-37(25-20-33)49(38-26-21-34(22-27-38)36-23-28-42-41-16-8-10-18-45(41)51-46(42)31-36)47-39(35-13-5-2-6-14-35)29-30-43-40-15-7-9-17-44(40)50-48(43)47/h1-31H. The highest BCUT2D eigenvalue weighted by molar-refractivity contribution is 7.25. The van der Waals surface area contributed by atoms with Crippen molar-refractivity contribution in [2.24, 2.45) is 0 Å². The molecule has 0 N–H and O–H groups in total. The van der Waals surface area contributed by atoms with E-state index in [0.29, 0.717) is 0 Å². The Morgan fingerprint density at radius 3 is 1.63 bits per heavy atom. The van der Waals surface area contributed by atoms with Gasteiger partial charge in [0.25, 0.3) is 0 Å². The van der Waals surface area contributed by atoms with Crippen molar-refractivity contribution < 1.29 is 4.42 Å². The molecule has 0 saturated heterocycles. The minimum Gasteiger partial charge on any atom is -0.454 e. The van der Waals surface area contributed by atoms with E-state index in [9.17, 15) is 0 Å². The third-order valence-electron chi connectivity index (χ3n) is 9.90. The van der Waals surface area contributed by atoms with Crippen LogP contribution < -0.4 is 4.90 Å². The summed E-state index contributed by atoms with van der Waals surface area (Å²) in [6.07, 6.45) is 0. The fourth-order valence-electron chi connectivity index (χ4n) is 7.40. The maximum absolute atomic E-state index is 6.78. The molecule has 2 aromatic heterocycles. The third-order valence-corrected chi connectivity index (χ3v) is 11.0. The van der Waals surface area contributed by atoms with Crippen LogP contribution in [0.5, 0.6) is 0 Å². The Bertz CT molecular complexity index is 2830. The summed E-state index contributed by atoms with van der Waals surface area (Å²) in [6, 6.07) is 67.3. The zero-order chi connectivity index (χ0) is 33.7. The van der Waals surface area contributed by atoms with E-state index in [1.807, 2.05) is 17.4 Å². The summed E-state index contributed by atoms with van der Waals surface area (Å²) in [4.78, 5) is 2.36. The molecule has 2 heterocycles. The molecule has 3 heteroatoms. The topological polar surface area (TPSA) is 16.4 Å². The van der Waals surface area contributed by atoms with Crippen molar-refractivity contribution in [1.82, 2.24) is 0 Å². The summed E-state index contributed by atoms with van der Waals surface area (Å²) in [7, 11) is 0. The second kappa shape index (κ2) is 12.2. The number of nitrogens with zero attached hydrogens (tertiary/aromatic N) is 1. The van der Waals surface area contributed by atoms with Crippen LogP contribution in [0, 0.1) is 0 Å². The van der Waals surface area contributed by atoms with Crippen LogP contribution in [0.15, 0.2) is 192 Å². The fourth-order valence-corrected chi connectivity index (χ4v) is 8.54. The van der Waals surface area contributed by atoms with Gasteiger partial charge < -0.3 is 9.32 Å². The molecular weight excluding hydrogens is 639 g/mol.